The zero-order valence-electron chi connectivity index (χ0n) is 37.5. The minimum Gasteiger partial charge on any atom is -0.464 e. The highest BCUT2D eigenvalue weighted by atomic mass is 32.1. The van der Waals surface area contributed by atoms with Crippen LogP contribution in [-0.2, 0) is 43.2 Å². The fourth-order valence-electron chi connectivity index (χ4n) is 10.7. The number of fused-ring (bicyclic) bond motifs is 8. The number of likely N-dealkylation sites (N-methyl/N-ethyl adjacent to an activating group) is 2. The lowest BCUT2D eigenvalue weighted by molar-refractivity contribution is -0.155. The molecule has 9 rings (SSSR count). The van der Waals surface area contributed by atoms with Gasteiger partial charge in [-0.2, -0.15) is 0 Å². The number of nitrogens with zero attached hydrogens (tertiary/aromatic N) is 7. The van der Waals surface area contributed by atoms with E-state index in [1.165, 1.54) is 16.3 Å². The Morgan fingerprint density at radius 2 is 1.85 bits per heavy atom. The monoisotopic (exact) mass is 865 g/mol. The molecule has 0 saturated carbocycles. The first-order chi connectivity index (χ1) is 29.8. The highest BCUT2D eigenvalue weighted by Crippen LogP contribution is 2.46. The van der Waals surface area contributed by atoms with Crippen molar-refractivity contribution in [1.29, 1.82) is 0 Å². The first kappa shape index (κ1) is 42.9. The topological polar surface area (TPSA) is 137 Å². The number of benzene rings is 1. The average molecular weight is 866 g/mol. The summed E-state index contributed by atoms with van der Waals surface area (Å²) in [5.41, 5.74) is 10.3. The highest BCUT2D eigenvalue weighted by molar-refractivity contribution is 7.10. The number of cyclic esters (lactones) is 1. The van der Waals surface area contributed by atoms with Gasteiger partial charge in [0.1, 0.15) is 17.6 Å². The first-order valence-corrected chi connectivity index (χ1v) is 23.5. The van der Waals surface area contributed by atoms with E-state index in [1.807, 2.05) is 13.2 Å². The molecule has 1 aromatic carbocycles. The van der Waals surface area contributed by atoms with Crippen molar-refractivity contribution >= 4 is 45.7 Å². The van der Waals surface area contributed by atoms with Gasteiger partial charge in [-0.1, -0.05) is 19.9 Å². The predicted octanol–water partition coefficient (Wildman–Crippen LogP) is 5.58. The number of carbonyl (C=O) groups is 3. The SMILES string of the molecule is CCn1c(-c2cc(N3CCN(C)CC3)cnc2[C@H](C)OC)c2c3cc(ccc31)-c1csc(n1)C[C@H](NC(=O)C13CCC(CC1)N3C)C(=O)N1CCC[C@H](N1)C(=O)OCC(C)(C)C2. The molecule has 62 heavy (non-hydrogen) atoms. The number of esters is 1. The molecule has 332 valence electrons. The molecule has 14 nitrogen and oxygen atoms in total. The number of piperazine rings is 1. The van der Waals surface area contributed by atoms with Crippen molar-refractivity contribution in [2.75, 3.05) is 65.4 Å². The van der Waals surface area contributed by atoms with Crippen LogP contribution in [0.15, 0.2) is 35.8 Å². The van der Waals surface area contributed by atoms with Gasteiger partial charge in [0.2, 0.25) is 5.91 Å². The van der Waals surface area contributed by atoms with Crippen LogP contribution in [0.5, 0.6) is 0 Å². The summed E-state index contributed by atoms with van der Waals surface area (Å²) in [5.74, 6) is -0.758. The highest BCUT2D eigenvalue weighted by Gasteiger charge is 2.55. The normalized spacial score (nSPS) is 26.5. The molecule has 5 aliphatic heterocycles. The molecule has 0 unspecified atom stereocenters. The van der Waals surface area contributed by atoms with Gasteiger partial charge in [-0.05, 0) is 96.7 Å². The van der Waals surface area contributed by atoms with E-state index in [9.17, 15) is 14.4 Å². The van der Waals surface area contributed by atoms with Crippen LogP contribution in [-0.4, -0.2) is 131 Å². The molecule has 15 heteroatoms. The Morgan fingerprint density at radius 1 is 1.08 bits per heavy atom. The van der Waals surface area contributed by atoms with Gasteiger partial charge < -0.3 is 29.2 Å². The Balaban J connectivity index is 1.16. The number of carbonyl (C=O) groups excluding carboxylic acids is 3. The smallest absolute Gasteiger partial charge is 0.324 e. The number of methoxy groups -OCH3 is 1. The summed E-state index contributed by atoms with van der Waals surface area (Å²) in [6, 6.07) is 7.72. The van der Waals surface area contributed by atoms with Crippen molar-refractivity contribution in [3.05, 3.63) is 52.1 Å². The van der Waals surface area contributed by atoms with Crippen LogP contribution in [0.25, 0.3) is 33.4 Å². The van der Waals surface area contributed by atoms with Crippen LogP contribution in [0.3, 0.4) is 0 Å². The van der Waals surface area contributed by atoms with E-state index in [0.717, 1.165) is 114 Å². The number of aromatic nitrogens is 3. The average Bonchev–Trinajstić information content (AvgIpc) is 4.05. The van der Waals surface area contributed by atoms with Crippen molar-refractivity contribution < 1.29 is 23.9 Å². The Kier molecular flexibility index (Phi) is 11.7. The van der Waals surface area contributed by atoms with Crippen molar-refractivity contribution in [2.24, 2.45) is 5.41 Å². The summed E-state index contributed by atoms with van der Waals surface area (Å²) in [6.07, 6.45) is 7.29. The third-order valence-corrected chi connectivity index (χ3v) is 15.4. The van der Waals surface area contributed by atoms with E-state index in [1.54, 1.807) is 7.11 Å². The van der Waals surface area contributed by atoms with E-state index < -0.39 is 23.0 Å². The third kappa shape index (κ3) is 7.82. The maximum Gasteiger partial charge on any atom is 0.324 e. The number of rotatable bonds is 7. The van der Waals surface area contributed by atoms with E-state index >= 15 is 0 Å². The summed E-state index contributed by atoms with van der Waals surface area (Å²) in [6.45, 7) is 13.7. The van der Waals surface area contributed by atoms with Crippen LogP contribution in [0.2, 0.25) is 0 Å². The standard InChI is InChI=1S/C47H63N9O5S/c1-8-55-39-12-11-30-22-33(39)35(42(55)34-23-32(26-48-41(34)29(2)60-7)54-20-18-52(5)19-21-54)25-46(3,4)28-61-44(58)36-10-9-17-56(51-36)43(57)37(24-40-49-38(30)27-62-40)50-45(59)47-15-13-31(14-16-47)53(47)6/h11-12,22-23,26-27,29,31,36-37,51H,8-10,13-21,24-25,28H2,1-7H3,(H,50,59)/t29-,31?,36-,37-,47?/m0/s1. The number of nitrogens with one attached hydrogen (secondary N) is 2. The first-order valence-electron chi connectivity index (χ1n) is 22.6. The number of amides is 2. The van der Waals surface area contributed by atoms with E-state index in [-0.39, 0.29) is 36.9 Å². The quantitative estimate of drug-likeness (QED) is 0.226. The zero-order chi connectivity index (χ0) is 43.5. The van der Waals surface area contributed by atoms with Gasteiger partial charge in [-0.25, -0.2) is 10.4 Å². The van der Waals surface area contributed by atoms with Gasteiger partial charge in [-0.15, -0.1) is 11.3 Å². The lowest BCUT2D eigenvalue weighted by Gasteiger charge is -2.37. The molecule has 0 radical (unpaired) electrons. The third-order valence-electron chi connectivity index (χ3n) is 14.5. The van der Waals surface area contributed by atoms with Gasteiger partial charge in [0.05, 0.1) is 46.7 Å². The maximum atomic E-state index is 14.5. The number of hydrogen-bond acceptors (Lipinski definition) is 12. The molecule has 3 aromatic heterocycles. The van der Waals surface area contributed by atoms with Gasteiger partial charge in [-0.3, -0.25) is 29.3 Å². The van der Waals surface area contributed by atoms with Crippen molar-refractivity contribution in [3.8, 4) is 22.5 Å². The number of pyridine rings is 1. The fourth-order valence-corrected chi connectivity index (χ4v) is 11.5. The van der Waals surface area contributed by atoms with Crippen LogP contribution in [0, 0.1) is 5.41 Å². The van der Waals surface area contributed by atoms with Crippen molar-refractivity contribution in [2.45, 2.75) is 115 Å². The lowest BCUT2D eigenvalue weighted by atomic mass is 9.84. The Hall–Kier alpha value is -4.41. The Labute approximate surface area is 369 Å². The number of aryl methyl sites for hydroxylation is 1. The molecule has 3 atom stereocenters. The molecular formula is C47H63N9O5S. The largest absolute Gasteiger partial charge is 0.464 e. The van der Waals surface area contributed by atoms with Crippen molar-refractivity contribution in [1.82, 2.24) is 40.1 Å². The molecule has 5 aliphatic rings. The number of hydrogen-bond donors (Lipinski definition) is 2. The summed E-state index contributed by atoms with van der Waals surface area (Å²) in [7, 11) is 5.94. The number of ether oxygens (including phenoxy) is 2. The minimum atomic E-state index is -0.863. The molecule has 0 spiro atoms. The molecule has 2 amide bonds. The van der Waals surface area contributed by atoms with Crippen LogP contribution in [0.1, 0.15) is 88.6 Å². The second kappa shape index (κ2) is 16.9. The van der Waals surface area contributed by atoms with Crippen molar-refractivity contribution in [3.63, 3.8) is 0 Å². The summed E-state index contributed by atoms with van der Waals surface area (Å²) < 4.78 is 14.6. The predicted molar refractivity (Wildman–Crippen MR) is 242 cm³/mol. The molecule has 4 aromatic rings. The molecule has 4 fully saturated rings. The molecular weight excluding hydrogens is 803 g/mol. The maximum absolute atomic E-state index is 14.5. The van der Waals surface area contributed by atoms with Gasteiger partial charge >= 0.3 is 5.97 Å². The summed E-state index contributed by atoms with van der Waals surface area (Å²) >= 11 is 1.50. The molecule has 8 bridgehead atoms. The molecule has 2 N–H and O–H groups in total. The minimum absolute atomic E-state index is 0.103. The number of hydrazine groups is 1. The van der Waals surface area contributed by atoms with E-state index in [0.29, 0.717) is 31.8 Å². The summed E-state index contributed by atoms with van der Waals surface area (Å²) in [4.78, 5) is 59.9. The Morgan fingerprint density at radius 3 is 2.56 bits per heavy atom. The summed E-state index contributed by atoms with van der Waals surface area (Å²) in [5, 5.41) is 8.66. The second-order valence-electron chi connectivity index (χ2n) is 19.1. The fraction of sp³-hybridized carbons (Fsp3) is 0.596. The van der Waals surface area contributed by atoms with E-state index in [4.69, 9.17) is 19.4 Å². The Bertz CT molecular complexity index is 2340. The van der Waals surface area contributed by atoms with E-state index in [2.05, 4.69) is 94.4 Å². The van der Waals surface area contributed by atoms with Crippen LogP contribution >= 0.6 is 11.3 Å². The number of thiazole rings is 1. The number of anilines is 1. The molecule has 8 heterocycles. The van der Waals surface area contributed by atoms with Crippen LogP contribution < -0.4 is 15.6 Å². The second-order valence-corrected chi connectivity index (χ2v) is 20.0. The lowest BCUT2D eigenvalue weighted by Crippen LogP contribution is -2.62. The zero-order valence-corrected chi connectivity index (χ0v) is 38.3. The van der Waals surface area contributed by atoms with Crippen LogP contribution in [0.4, 0.5) is 5.69 Å². The van der Waals surface area contributed by atoms with Gasteiger partial charge in [0.15, 0.2) is 0 Å². The van der Waals surface area contributed by atoms with Gasteiger partial charge in [0.25, 0.3) is 5.91 Å². The van der Waals surface area contributed by atoms with Gasteiger partial charge in [0, 0.05) is 91.7 Å². The molecule has 0 aliphatic carbocycles. The molecule has 4 saturated heterocycles.